The summed E-state index contributed by atoms with van der Waals surface area (Å²) in [5.41, 5.74) is 0.796. The van der Waals surface area contributed by atoms with Crippen LogP contribution in [0.3, 0.4) is 0 Å². The number of fused-ring (bicyclic) bond motifs is 1. The van der Waals surface area contributed by atoms with Gasteiger partial charge < -0.3 is 0 Å². The molecule has 1 atom stereocenters. The fourth-order valence-corrected chi connectivity index (χ4v) is 1.58. The molecule has 16 heavy (non-hydrogen) atoms. The first-order valence-corrected chi connectivity index (χ1v) is 5.77. The fourth-order valence-electron chi connectivity index (χ4n) is 1.46. The van der Waals surface area contributed by atoms with Crippen molar-refractivity contribution in [1.29, 1.82) is 0 Å². The number of nitrogens with zero attached hydrogens (tertiary/aromatic N) is 1. The Kier molecular flexibility index (Phi) is 3.07. The zero-order valence-electron chi connectivity index (χ0n) is 8.64. The second-order valence-corrected chi connectivity index (χ2v) is 5.09. The Hall–Kier alpha value is -1.20. The van der Waals surface area contributed by atoms with E-state index in [0.29, 0.717) is 11.1 Å². The van der Waals surface area contributed by atoms with E-state index in [1.165, 1.54) is 0 Å². The Morgan fingerprint density at radius 1 is 1.25 bits per heavy atom. The largest absolute Gasteiger partial charge is 0.285 e. The van der Waals surface area contributed by atoms with Crippen molar-refractivity contribution < 1.29 is 14.4 Å². The first-order chi connectivity index (χ1) is 7.61. The lowest BCUT2D eigenvalue weighted by Gasteiger charge is -2.13. The quantitative estimate of drug-likeness (QED) is 0.630. The second kappa shape index (κ2) is 4.35. The van der Waals surface area contributed by atoms with Crippen LogP contribution in [0.4, 0.5) is 0 Å². The highest BCUT2D eigenvalue weighted by Crippen LogP contribution is 2.22. The zero-order chi connectivity index (χ0) is 11.7. The van der Waals surface area contributed by atoms with Crippen LogP contribution < -0.4 is 0 Å². The molecule has 0 spiro atoms. The molecule has 0 bridgehead atoms. The molecule has 0 saturated heterocycles. The topological polar surface area (TPSA) is 46.6 Å². The molecule has 1 aromatic rings. The maximum Gasteiger partial charge on any atom is 0.285 e. The minimum Gasteiger partial charge on any atom is -0.266 e. The number of amides is 2. The van der Waals surface area contributed by atoms with E-state index >= 15 is 0 Å². The van der Waals surface area contributed by atoms with Crippen molar-refractivity contribution in [3.63, 3.8) is 0 Å². The van der Waals surface area contributed by atoms with Crippen LogP contribution >= 0.6 is 15.9 Å². The number of carbonyl (C=O) groups excluding carboxylic acids is 2. The van der Waals surface area contributed by atoms with Crippen LogP contribution in [-0.2, 0) is 4.84 Å². The zero-order valence-corrected chi connectivity index (χ0v) is 10.2. The molecule has 1 aromatic carbocycles. The highest BCUT2D eigenvalue weighted by atomic mass is 79.9. The molecule has 0 saturated carbocycles. The summed E-state index contributed by atoms with van der Waals surface area (Å²) in [6, 6.07) is 6.69. The maximum atomic E-state index is 11.8. The van der Waals surface area contributed by atoms with Crippen LogP contribution in [0.1, 0.15) is 27.6 Å². The predicted molar refractivity (Wildman–Crippen MR) is 61.3 cm³/mol. The molecule has 1 heterocycles. The average molecular weight is 284 g/mol. The fraction of sp³-hybridized carbons (Fsp3) is 0.273. The van der Waals surface area contributed by atoms with Gasteiger partial charge in [0.05, 0.1) is 17.7 Å². The van der Waals surface area contributed by atoms with Crippen LogP contribution in [0, 0.1) is 0 Å². The summed E-state index contributed by atoms with van der Waals surface area (Å²) in [6.45, 7) is 2.14. The molecule has 1 unspecified atom stereocenters. The summed E-state index contributed by atoms with van der Waals surface area (Å²) in [5.74, 6) is -0.789. The van der Waals surface area contributed by atoms with Gasteiger partial charge in [-0.1, -0.05) is 35.0 Å². The minimum atomic E-state index is -0.395. The monoisotopic (exact) mass is 283 g/mol. The van der Waals surface area contributed by atoms with E-state index in [2.05, 4.69) is 15.9 Å². The summed E-state index contributed by atoms with van der Waals surface area (Å²) in [7, 11) is 0. The first kappa shape index (κ1) is 11.3. The van der Waals surface area contributed by atoms with Crippen LogP contribution in [0.15, 0.2) is 24.3 Å². The van der Waals surface area contributed by atoms with Gasteiger partial charge in [0.15, 0.2) is 0 Å². The highest BCUT2D eigenvalue weighted by Gasteiger charge is 2.36. The third kappa shape index (κ3) is 1.88. The van der Waals surface area contributed by atoms with Crippen LogP contribution in [0.25, 0.3) is 0 Å². The third-order valence-electron chi connectivity index (χ3n) is 2.19. The van der Waals surface area contributed by atoms with Gasteiger partial charge >= 0.3 is 0 Å². The van der Waals surface area contributed by atoms with Crippen molar-refractivity contribution in [2.45, 2.75) is 11.8 Å². The number of rotatable bonds is 3. The Morgan fingerprint density at radius 3 is 2.19 bits per heavy atom. The summed E-state index contributed by atoms with van der Waals surface area (Å²) < 4.78 is 0. The van der Waals surface area contributed by atoms with Gasteiger partial charge in [0.2, 0.25) is 0 Å². The van der Waals surface area contributed by atoms with E-state index in [-0.39, 0.29) is 11.4 Å². The lowest BCUT2D eigenvalue weighted by atomic mass is 10.1. The van der Waals surface area contributed by atoms with E-state index in [0.717, 1.165) is 5.06 Å². The van der Waals surface area contributed by atoms with E-state index in [9.17, 15) is 9.59 Å². The number of hydrogen-bond donors (Lipinski definition) is 0. The maximum absolute atomic E-state index is 11.8. The summed E-state index contributed by atoms with van der Waals surface area (Å²) >= 11 is 3.28. The molecular weight excluding hydrogens is 274 g/mol. The molecule has 1 aliphatic rings. The normalized spacial score (nSPS) is 16.5. The van der Waals surface area contributed by atoms with Crippen molar-refractivity contribution in [1.82, 2.24) is 5.06 Å². The highest BCUT2D eigenvalue weighted by molar-refractivity contribution is 9.09. The molecule has 0 aliphatic carbocycles. The second-order valence-electron chi connectivity index (χ2n) is 3.53. The standard InChI is InChI=1S/C11H10BrNO3/c1-7(12)6-16-13-10(14)8-4-2-3-5-9(8)11(13)15/h2-5,7H,6H2,1H3. The van der Waals surface area contributed by atoms with E-state index < -0.39 is 11.8 Å². The lowest BCUT2D eigenvalue weighted by molar-refractivity contribution is -0.0893. The minimum absolute atomic E-state index is 0.0804. The molecule has 0 aromatic heterocycles. The number of imide groups is 1. The van der Waals surface area contributed by atoms with Crippen molar-refractivity contribution in [3.05, 3.63) is 35.4 Å². The van der Waals surface area contributed by atoms with Gasteiger partial charge in [0, 0.05) is 4.83 Å². The summed E-state index contributed by atoms with van der Waals surface area (Å²) in [6.07, 6.45) is 0. The molecule has 0 fully saturated rings. The summed E-state index contributed by atoms with van der Waals surface area (Å²) in [5, 5.41) is 0.822. The van der Waals surface area contributed by atoms with Crippen molar-refractivity contribution in [2.75, 3.05) is 6.61 Å². The molecular formula is C11H10BrNO3. The van der Waals surface area contributed by atoms with Crippen LogP contribution in [0.5, 0.6) is 0 Å². The van der Waals surface area contributed by atoms with Gasteiger partial charge in [-0.05, 0) is 12.1 Å². The Labute approximate surface area is 101 Å². The molecule has 0 N–H and O–H groups in total. The van der Waals surface area contributed by atoms with Gasteiger partial charge in [0.1, 0.15) is 0 Å². The molecule has 4 nitrogen and oxygen atoms in total. The van der Waals surface area contributed by atoms with Gasteiger partial charge in [-0.15, -0.1) is 5.06 Å². The van der Waals surface area contributed by atoms with Gasteiger partial charge in [-0.2, -0.15) is 0 Å². The molecule has 2 amide bonds. The third-order valence-corrected chi connectivity index (χ3v) is 2.45. The number of hydrogen-bond acceptors (Lipinski definition) is 3. The van der Waals surface area contributed by atoms with Gasteiger partial charge in [-0.25, -0.2) is 0 Å². The molecule has 0 radical (unpaired) electrons. The number of benzene rings is 1. The first-order valence-electron chi connectivity index (χ1n) is 4.86. The Balaban J connectivity index is 2.22. The lowest BCUT2D eigenvalue weighted by Crippen LogP contribution is -2.31. The van der Waals surface area contributed by atoms with Gasteiger partial charge in [0.25, 0.3) is 11.8 Å². The van der Waals surface area contributed by atoms with Crippen molar-refractivity contribution in [3.8, 4) is 0 Å². The van der Waals surface area contributed by atoms with E-state index in [1.807, 2.05) is 6.92 Å². The number of carbonyl (C=O) groups is 2. The Morgan fingerprint density at radius 2 is 1.75 bits per heavy atom. The average Bonchev–Trinajstić information content (AvgIpc) is 2.50. The van der Waals surface area contributed by atoms with Crippen LogP contribution in [0.2, 0.25) is 0 Å². The molecule has 1 aliphatic heterocycles. The Bertz CT molecular complexity index is 410. The van der Waals surface area contributed by atoms with Gasteiger partial charge in [-0.3, -0.25) is 14.4 Å². The number of hydroxylamine groups is 2. The van der Waals surface area contributed by atoms with Crippen molar-refractivity contribution >= 4 is 27.7 Å². The van der Waals surface area contributed by atoms with E-state index in [1.54, 1.807) is 24.3 Å². The van der Waals surface area contributed by atoms with Crippen molar-refractivity contribution in [2.24, 2.45) is 0 Å². The predicted octanol–water partition coefficient (Wildman–Crippen LogP) is 2.00. The van der Waals surface area contributed by atoms with Crippen LogP contribution in [-0.4, -0.2) is 28.3 Å². The molecule has 5 heteroatoms. The molecule has 2 rings (SSSR count). The summed E-state index contributed by atoms with van der Waals surface area (Å²) in [4.78, 5) is 28.8. The number of alkyl halides is 1. The number of halogens is 1. The smallest absolute Gasteiger partial charge is 0.266 e. The van der Waals surface area contributed by atoms with E-state index in [4.69, 9.17) is 4.84 Å². The molecule has 84 valence electrons. The SMILES string of the molecule is CC(Br)CON1C(=O)c2ccccc2C1=O.